The van der Waals surface area contributed by atoms with Crippen LogP contribution in [0.15, 0.2) is 30.6 Å². The number of nitrogens with two attached hydrogens (primary N) is 1. The maximum Gasteiger partial charge on any atom is 0.225 e. The highest BCUT2D eigenvalue weighted by atomic mass is 19.2. The van der Waals surface area contributed by atoms with Crippen LogP contribution in [0.25, 0.3) is 0 Å². The Morgan fingerprint density at radius 1 is 1.06 bits per heavy atom. The van der Waals surface area contributed by atoms with Crippen LogP contribution in [-0.2, 0) is 11.3 Å². The highest BCUT2D eigenvalue weighted by Crippen LogP contribution is 2.26. The van der Waals surface area contributed by atoms with Gasteiger partial charge >= 0.3 is 0 Å². The van der Waals surface area contributed by atoms with Crippen molar-refractivity contribution in [2.24, 2.45) is 5.92 Å². The number of nitrogens with zero attached hydrogens (tertiary/aromatic N) is 4. The largest absolute Gasteiger partial charge is 0.487 e. The molecule has 180 valence electrons. The number of carbonyl (C=O) groups is 1. The molecule has 0 saturated carbocycles. The third-order valence-electron chi connectivity index (χ3n) is 6.03. The van der Waals surface area contributed by atoms with E-state index in [1.807, 2.05) is 18.7 Å². The smallest absolute Gasteiger partial charge is 0.225 e. The van der Waals surface area contributed by atoms with Crippen LogP contribution in [0.1, 0.15) is 45.1 Å². The molecule has 0 spiro atoms. The SMILES string of the molecule is CC.Nc1ncc(CN2CCC(C(=O)N3CCC(Oc4cccc(F)c4F)CC3)CC2)cn1. The molecule has 33 heavy (non-hydrogen) atoms. The van der Waals surface area contributed by atoms with Gasteiger partial charge in [0, 0.05) is 56.4 Å². The Morgan fingerprint density at radius 3 is 2.33 bits per heavy atom. The van der Waals surface area contributed by atoms with Gasteiger partial charge in [0.2, 0.25) is 17.7 Å². The number of aromatic nitrogens is 2. The van der Waals surface area contributed by atoms with Crippen molar-refractivity contribution in [3.8, 4) is 5.75 Å². The van der Waals surface area contributed by atoms with Gasteiger partial charge in [-0.25, -0.2) is 14.4 Å². The van der Waals surface area contributed by atoms with Crippen molar-refractivity contribution in [3.05, 3.63) is 47.8 Å². The van der Waals surface area contributed by atoms with Crippen molar-refractivity contribution < 1.29 is 18.3 Å². The Hall–Kier alpha value is -2.81. The number of nitrogen functional groups attached to an aromatic ring is 1. The number of benzene rings is 1. The summed E-state index contributed by atoms with van der Waals surface area (Å²) >= 11 is 0. The van der Waals surface area contributed by atoms with E-state index in [1.165, 1.54) is 12.1 Å². The monoisotopic (exact) mass is 461 g/mol. The van der Waals surface area contributed by atoms with E-state index in [0.717, 1.165) is 44.1 Å². The van der Waals surface area contributed by atoms with Crippen LogP contribution in [-0.4, -0.2) is 58.0 Å². The summed E-state index contributed by atoms with van der Waals surface area (Å²) in [6, 6.07) is 3.93. The summed E-state index contributed by atoms with van der Waals surface area (Å²) in [5.74, 6) is -1.46. The molecule has 2 fully saturated rings. The number of ether oxygens (including phenoxy) is 1. The topological polar surface area (TPSA) is 84.6 Å². The minimum Gasteiger partial charge on any atom is -0.487 e. The number of anilines is 1. The number of likely N-dealkylation sites (tertiary alicyclic amines) is 2. The van der Waals surface area contributed by atoms with E-state index in [1.54, 1.807) is 12.4 Å². The second-order valence-corrected chi connectivity index (χ2v) is 8.19. The van der Waals surface area contributed by atoms with Gasteiger partial charge in [-0.3, -0.25) is 9.69 Å². The molecule has 0 aliphatic carbocycles. The van der Waals surface area contributed by atoms with Gasteiger partial charge in [-0.15, -0.1) is 0 Å². The first kappa shape index (κ1) is 24.8. The average molecular weight is 462 g/mol. The number of piperidine rings is 2. The summed E-state index contributed by atoms with van der Waals surface area (Å²) in [6.45, 7) is 7.59. The van der Waals surface area contributed by atoms with Crippen LogP contribution >= 0.6 is 0 Å². The molecule has 2 N–H and O–H groups in total. The fraction of sp³-hybridized carbons (Fsp3) is 0.542. The molecule has 2 aliphatic rings. The minimum absolute atomic E-state index is 0.0250. The highest BCUT2D eigenvalue weighted by Gasteiger charge is 2.31. The van der Waals surface area contributed by atoms with Gasteiger partial charge in [0.05, 0.1) is 0 Å². The van der Waals surface area contributed by atoms with E-state index < -0.39 is 11.6 Å². The normalized spacial score (nSPS) is 17.9. The number of rotatable bonds is 5. The first-order valence-electron chi connectivity index (χ1n) is 11.7. The van der Waals surface area contributed by atoms with Crippen molar-refractivity contribution in [3.63, 3.8) is 0 Å². The summed E-state index contributed by atoms with van der Waals surface area (Å²) in [7, 11) is 0. The molecule has 3 heterocycles. The standard InChI is InChI=1S/C22H27F2N5O2.C2H6/c23-18-2-1-3-19(20(18)24)31-17-6-10-29(11-7-17)21(30)16-4-8-28(9-5-16)14-15-12-26-22(25)27-13-15;1-2/h1-3,12-13,16-17H,4-11,14H2,(H2,25,26,27);1-2H3. The van der Waals surface area contributed by atoms with Gasteiger partial charge < -0.3 is 15.4 Å². The van der Waals surface area contributed by atoms with E-state index >= 15 is 0 Å². The van der Waals surface area contributed by atoms with Crippen LogP contribution < -0.4 is 10.5 Å². The number of amides is 1. The van der Waals surface area contributed by atoms with Crippen molar-refractivity contribution in [2.75, 3.05) is 31.9 Å². The molecule has 0 atom stereocenters. The molecule has 7 nitrogen and oxygen atoms in total. The second-order valence-electron chi connectivity index (χ2n) is 8.19. The number of halogens is 2. The van der Waals surface area contributed by atoms with Crippen molar-refractivity contribution in [1.82, 2.24) is 19.8 Å². The maximum atomic E-state index is 13.8. The lowest BCUT2D eigenvalue weighted by molar-refractivity contribution is -0.139. The van der Waals surface area contributed by atoms with E-state index in [9.17, 15) is 13.6 Å². The van der Waals surface area contributed by atoms with Crippen LogP contribution in [0.2, 0.25) is 0 Å². The van der Waals surface area contributed by atoms with Gasteiger partial charge in [-0.1, -0.05) is 19.9 Å². The summed E-state index contributed by atoms with van der Waals surface area (Å²) in [5.41, 5.74) is 6.53. The zero-order valence-corrected chi connectivity index (χ0v) is 19.3. The van der Waals surface area contributed by atoms with Gasteiger partial charge in [0.15, 0.2) is 11.6 Å². The summed E-state index contributed by atoms with van der Waals surface area (Å²) < 4.78 is 32.8. The van der Waals surface area contributed by atoms with Gasteiger partial charge in [0.1, 0.15) is 6.10 Å². The van der Waals surface area contributed by atoms with Crippen LogP contribution in [0.4, 0.5) is 14.7 Å². The molecule has 1 aromatic heterocycles. The van der Waals surface area contributed by atoms with E-state index in [-0.39, 0.29) is 29.6 Å². The lowest BCUT2D eigenvalue weighted by Crippen LogP contribution is -2.47. The third-order valence-corrected chi connectivity index (χ3v) is 6.03. The Labute approximate surface area is 193 Å². The van der Waals surface area contributed by atoms with Gasteiger partial charge in [-0.2, -0.15) is 4.39 Å². The molecular weight excluding hydrogens is 428 g/mol. The van der Waals surface area contributed by atoms with E-state index in [0.29, 0.717) is 25.9 Å². The molecule has 1 aromatic carbocycles. The molecule has 0 unspecified atom stereocenters. The lowest BCUT2D eigenvalue weighted by atomic mass is 9.94. The lowest BCUT2D eigenvalue weighted by Gasteiger charge is -2.37. The van der Waals surface area contributed by atoms with Crippen LogP contribution in [0, 0.1) is 17.6 Å². The molecule has 0 bridgehead atoms. The Balaban J connectivity index is 0.00000149. The predicted molar refractivity (Wildman–Crippen MR) is 122 cm³/mol. The Morgan fingerprint density at radius 2 is 1.70 bits per heavy atom. The number of hydrogen-bond acceptors (Lipinski definition) is 6. The van der Waals surface area contributed by atoms with Crippen molar-refractivity contribution >= 4 is 11.9 Å². The highest BCUT2D eigenvalue weighted by molar-refractivity contribution is 5.79. The first-order chi connectivity index (χ1) is 16.0. The maximum absolute atomic E-state index is 13.8. The summed E-state index contributed by atoms with van der Waals surface area (Å²) in [4.78, 5) is 25.2. The summed E-state index contributed by atoms with van der Waals surface area (Å²) in [5, 5.41) is 0. The number of hydrogen-bond donors (Lipinski definition) is 1. The average Bonchev–Trinajstić information content (AvgIpc) is 2.85. The molecule has 4 rings (SSSR count). The molecule has 1 amide bonds. The molecule has 2 aromatic rings. The molecule has 2 saturated heterocycles. The zero-order valence-electron chi connectivity index (χ0n) is 19.3. The first-order valence-corrected chi connectivity index (χ1v) is 11.7. The fourth-order valence-corrected chi connectivity index (χ4v) is 4.25. The van der Waals surface area contributed by atoms with E-state index in [4.69, 9.17) is 10.5 Å². The minimum atomic E-state index is -0.960. The second kappa shape index (κ2) is 11.9. The third kappa shape index (κ3) is 6.60. The van der Waals surface area contributed by atoms with E-state index in [2.05, 4.69) is 14.9 Å². The van der Waals surface area contributed by atoms with Gasteiger partial charge in [-0.05, 0) is 38.1 Å². The van der Waals surface area contributed by atoms with Gasteiger partial charge in [0.25, 0.3) is 0 Å². The van der Waals surface area contributed by atoms with Crippen LogP contribution in [0.5, 0.6) is 5.75 Å². The molecule has 0 radical (unpaired) electrons. The Kier molecular flexibility index (Phi) is 8.94. The zero-order chi connectivity index (χ0) is 23.8. The molecule has 9 heteroatoms. The number of carbonyl (C=O) groups excluding carboxylic acids is 1. The van der Waals surface area contributed by atoms with Crippen molar-refractivity contribution in [2.45, 2.75) is 52.2 Å². The molecule has 2 aliphatic heterocycles. The van der Waals surface area contributed by atoms with Crippen molar-refractivity contribution in [1.29, 1.82) is 0 Å². The Bertz CT molecular complexity index is 896. The predicted octanol–water partition coefficient (Wildman–Crippen LogP) is 3.65. The van der Waals surface area contributed by atoms with Crippen LogP contribution in [0.3, 0.4) is 0 Å². The molecular formula is C24H33F2N5O2. The fourth-order valence-electron chi connectivity index (χ4n) is 4.25. The quantitative estimate of drug-likeness (QED) is 0.732. The summed E-state index contributed by atoms with van der Waals surface area (Å²) in [6.07, 6.45) is 6.11.